The summed E-state index contributed by atoms with van der Waals surface area (Å²) in [5.41, 5.74) is 2.96. The second-order valence-corrected chi connectivity index (χ2v) is 7.08. The SMILES string of the molecule is O=C(NC1CC1)c1cnn2c3c(c(Nc4cccc5ocnc45)nc12)OCCN3. The number of nitrogens with zero attached hydrogens (tertiary/aromatic N) is 4. The summed E-state index contributed by atoms with van der Waals surface area (Å²) in [6, 6.07) is 5.84. The third kappa shape index (κ3) is 2.64. The van der Waals surface area contributed by atoms with E-state index in [9.17, 15) is 4.79 Å². The highest BCUT2D eigenvalue weighted by Gasteiger charge is 2.28. The van der Waals surface area contributed by atoms with Crippen LogP contribution in [0.3, 0.4) is 0 Å². The normalized spacial score (nSPS) is 15.6. The zero-order valence-corrected chi connectivity index (χ0v) is 15.3. The van der Waals surface area contributed by atoms with Crippen LogP contribution in [0.25, 0.3) is 16.7 Å². The number of carbonyl (C=O) groups is 1. The molecule has 0 bridgehead atoms. The molecule has 3 aromatic heterocycles. The average molecular weight is 391 g/mol. The van der Waals surface area contributed by atoms with Gasteiger partial charge >= 0.3 is 0 Å². The molecule has 0 radical (unpaired) electrons. The number of ether oxygens (including phenoxy) is 1. The van der Waals surface area contributed by atoms with Crippen molar-refractivity contribution >= 4 is 40.0 Å². The molecular formula is C19H17N7O3. The topological polar surface area (TPSA) is 119 Å². The smallest absolute Gasteiger partial charge is 0.256 e. The van der Waals surface area contributed by atoms with Gasteiger partial charge in [-0.25, -0.2) is 9.97 Å². The summed E-state index contributed by atoms with van der Waals surface area (Å²) < 4.78 is 12.9. The van der Waals surface area contributed by atoms with E-state index in [0.717, 1.165) is 18.5 Å². The number of nitrogens with one attached hydrogen (secondary N) is 3. The Kier molecular flexibility index (Phi) is 3.40. The molecule has 4 aromatic rings. The summed E-state index contributed by atoms with van der Waals surface area (Å²) in [5.74, 6) is 1.51. The second kappa shape index (κ2) is 6.09. The number of para-hydroxylation sites is 1. The Morgan fingerprint density at radius 2 is 2.24 bits per heavy atom. The van der Waals surface area contributed by atoms with Gasteiger partial charge in [0.25, 0.3) is 5.91 Å². The van der Waals surface area contributed by atoms with Crippen molar-refractivity contribution in [3.63, 3.8) is 0 Å². The van der Waals surface area contributed by atoms with Crippen molar-refractivity contribution in [1.82, 2.24) is 24.9 Å². The molecule has 0 spiro atoms. The Labute approximate surface area is 164 Å². The summed E-state index contributed by atoms with van der Waals surface area (Å²) in [6.07, 6.45) is 4.96. The Balaban J connectivity index is 1.49. The zero-order valence-electron chi connectivity index (χ0n) is 15.3. The van der Waals surface area contributed by atoms with Gasteiger partial charge in [-0.2, -0.15) is 9.61 Å². The Morgan fingerprint density at radius 3 is 3.14 bits per heavy atom. The predicted octanol–water partition coefficient (Wildman–Crippen LogP) is 2.31. The molecule has 4 heterocycles. The third-order valence-electron chi connectivity index (χ3n) is 5.02. The van der Waals surface area contributed by atoms with Gasteiger partial charge < -0.3 is 25.1 Å². The van der Waals surface area contributed by atoms with E-state index < -0.39 is 0 Å². The first-order valence-electron chi connectivity index (χ1n) is 9.46. The minimum atomic E-state index is -0.170. The van der Waals surface area contributed by atoms with Crippen LogP contribution in [0.4, 0.5) is 17.3 Å². The van der Waals surface area contributed by atoms with Crippen LogP contribution in [-0.4, -0.2) is 44.7 Å². The maximum Gasteiger partial charge on any atom is 0.256 e. The van der Waals surface area contributed by atoms with Gasteiger partial charge in [0.1, 0.15) is 17.7 Å². The number of oxazole rings is 1. The van der Waals surface area contributed by atoms with E-state index in [0.29, 0.717) is 52.8 Å². The lowest BCUT2D eigenvalue weighted by Crippen LogP contribution is -2.26. The zero-order chi connectivity index (χ0) is 19.4. The fourth-order valence-corrected chi connectivity index (χ4v) is 3.44. The molecule has 0 atom stereocenters. The average Bonchev–Trinajstić information content (AvgIpc) is 3.25. The number of hydrogen-bond donors (Lipinski definition) is 3. The number of amides is 1. The van der Waals surface area contributed by atoms with E-state index in [1.807, 2.05) is 18.2 Å². The summed E-state index contributed by atoms with van der Waals surface area (Å²) in [5, 5.41) is 13.9. The van der Waals surface area contributed by atoms with Crippen LogP contribution in [-0.2, 0) is 0 Å². The number of fused-ring (bicyclic) bond motifs is 4. The van der Waals surface area contributed by atoms with Gasteiger partial charge in [0.15, 0.2) is 29.3 Å². The second-order valence-electron chi connectivity index (χ2n) is 7.08. The molecule has 0 unspecified atom stereocenters. The van der Waals surface area contributed by atoms with E-state index >= 15 is 0 Å². The molecule has 1 aliphatic heterocycles. The van der Waals surface area contributed by atoms with Crippen molar-refractivity contribution in [3.05, 3.63) is 36.4 Å². The number of anilines is 3. The molecule has 1 fully saturated rings. The van der Waals surface area contributed by atoms with E-state index in [-0.39, 0.29) is 11.9 Å². The number of carbonyl (C=O) groups excluding carboxylic acids is 1. The first-order valence-corrected chi connectivity index (χ1v) is 9.46. The molecule has 0 saturated heterocycles. The van der Waals surface area contributed by atoms with Crippen molar-refractivity contribution in [2.45, 2.75) is 18.9 Å². The Bertz CT molecular complexity index is 1260. The van der Waals surface area contributed by atoms with Gasteiger partial charge in [-0.15, -0.1) is 0 Å². The van der Waals surface area contributed by atoms with Crippen molar-refractivity contribution in [2.24, 2.45) is 0 Å². The summed E-state index contributed by atoms with van der Waals surface area (Å²) in [4.78, 5) is 21.6. The first kappa shape index (κ1) is 16.2. The third-order valence-corrected chi connectivity index (χ3v) is 5.02. The van der Waals surface area contributed by atoms with Gasteiger partial charge in [-0.3, -0.25) is 4.79 Å². The first-order chi connectivity index (χ1) is 14.3. The highest BCUT2D eigenvalue weighted by Crippen LogP contribution is 2.38. The molecule has 10 heteroatoms. The van der Waals surface area contributed by atoms with Crippen LogP contribution in [0.1, 0.15) is 23.2 Å². The maximum atomic E-state index is 12.6. The number of aromatic nitrogens is 4. The minimum Gasteiger partial charge on any atom is -0.485 e. The van der Waals surface area contributed by atoms with E-state index in [2.05, 4.69) is 31.0 Å². The van der Waals surface area contributed by atoms with Crippen molar-refractivity contribution in [1.29, 1.82) is 0 Å². The molecular weight excluding hydrogens is 374 g/mol. The van der Waals surface area contributed by atoms with Crippen LogP contribution in [0, 0.1) is 0 Å². The van der Waals surface area contributed by atoms with E-state index in [1.165, 1.54) is 6.39 Å². The summed E-state index contributed by atoms with van der Waals surface area (Å²) >= 11 is 0. The van der Waals surface area contributed by atoms with Crippen molar-refractivity contribution in [3.8, 4) is 5.75 Å². The molecule has 1 aliphatic carbocycles. The van der Waals surface area contributed by atoms with Crippen LogP contribution in [0.2, 0.25) is 0 Å². The quantitative estimate of drug-likeness (QED) is 0.485. The van der Waals surface area contributed by atoms with E-state index in [1.54, 1.807) is 10.7 Å². The van der Waals surface area contributed by atoms with Gasteiger partial charge in [-0.05, 0) is 25.0 Å². The largest absolute Gasteiger partial charge is 0.485 e. The number of hydrogen-bond acceptors (Lipinski definition) is 8. The predicted molar refractivity (Wildman–Crippen MR) is 105 cm³/mol. The van der Waals surface area contributed by atoms with Crippen molar-refractivity contribution in [2.75, 3.05) is 23.8 Å². The number of rotatable bonds is 4. The Morgan fingerprint density at radius 1 is 1.31 bits per heavy atom. The molecule has 2 aliphatic rings. The molecule has 146 valence electrons. The molecule has 1 amide bonds. The van der Waals surface area contributed by atoms with Gasteiger partial charge in [-0.1, -0.05) is 6.07 Å². The van der Waals surface area contributed by atoms with E-state index in [4.69, 9.17) is 9.15 Å². The number of benzene rings is 1. The molecule has 1 saturated carbocycles. The molecule has 29 heavy (non-hydrogen) atoms. The van der Waals surface area contributed by atoms with Gasteiger partial charge in [0.2, 0.25) is 5.75 Å². The lowest BCUT2D eigenvalue weighted by molar-refractivity contribution is 0.0952. The summed E-state index contributed by atoms with van der Waals surface area (Å²) in [6.45, 7) is 1.13. The standard InChI is InChI=1S/C19H17N7O3/c27-19(23-10-4-5-10)11-8-22-26-17(11)25-16(15-18(26)20-6-7-28-15)24-12-2-1-3-13-14(12)21-9-29-13/h1-3,8-10,20H,4-7H2,(H,23,27)(H,24,25). The minimum absolute atomic E-state index is 0.170. The lowest BCUT2D eigenvalue weighted by Gasteiger charge is -2.22. The van der Waals surface area contributed by atoms with Gasteiger partial charge in [0.05, 0.1) is 18.4 Å². The van der Waals surface area contributed by atoms with Crippen LogP contribution < -0.4 is 20.7 Å². The summed E-state index contributed by atoms with van der Waals surface area (Å²) in [7, 11) is 0. The van der Waals surface area contributed by atoms with Crippen molar-refractivity contribution < 1.29 is 13.9 Å². The van der Waals surface area contributed by atoms with Crippen LogP contribution >= 0.6 is 0 Å². The van der Waals surface area contributed by atoms with Gasteiger partial charge in [0, 0.05) is 6.04 Å². The fourth-order valence-electron chi connectivity index (χ4n) is 3.44. The highest BCUT2D eigenvalue weighted by molar-refractivity contribution is 6.01. The molecule has 1 aromatic carbocycles. The van der Waals surface area contributed by atoms with Crippen LogP contribution in [0.15, 0.2) is 35.2 Å². The molecule has 3 N–H and O–H groups in total. The van der Waals surface area contributed by atoms with Crippen LogP contribution in [0.5, 0.6) is 5.75 Å². The monoisotopic (exact) mass is 391 g/mol. The Hall–Kier alpha value is -3.82. The molecule has 6 rings (SSSR count). The molecule has 10 nitrogen and oxygen atoms in total. The maximum absolute atomic E-state index is 12.6. The fraction of sp³-hybridized carbons (Fsp3) is 0.263. The lowest BCUT2D eigenvalue weighted by atomic mass is 10.2. The highest BCUT2D eigenvalue weighted by atomic mass is 16.5.